The lowest BCUT2D eigenvalue weighted by Gasteiger charge is -2.17. The van der Waals surface area contributed by atoms with Gasteiger partial charge >= 0.3 is 5.97 Å². The molecule has 0 aliphatic carbocycles. The minimum Gasteiger partial charge on any atom is -0.496 e. The summed E-state index contributed by atoms with van der Waals surface area (Å²) in [6.07, 6.45) is -0.941. The topological polar surface area (TPSA) is 55.8 Å². The molecule has 23 heavy (non-hydrogen) atoms. The summed E-state index contributed by atoms with van der Waals surface area (Å²) in [5.41, 5.74) is 1.48. The van der Waals surface area contributed by atoms with Crippen LogP contribution in [0.5, 0.6) is 11.5 Å². The van der Waals surface area contributed by atoms with Gasteiger partial charge in [-0.1, -0.05) is 23.2 Å². The Hall–Kier alpha value is -1.91. The number of carboxylic acid groups (broad SMARTS) is 1. The van der Waals surface area contributed by atoms with Crippen molar-refractivity contribution < 1.29 is 19.4 Å². The van der Waals surface area contributed by atoms with Crippen molar-refractivity contribution in [2.24, 2.45) is 0 Å². The Labute approximate surface area is 144 Å². The molecule has 0 fully saturated rings. The normalized spacial score (nSPS) is 11.8. The molecule has 0 aliphatic heterocycles. The number of halogens is 2. The summed E-state index contributed by atoms with van der Waals surface area (Å²) in [5, 5.41) is 10.5. The standard InChI is InChI=1S/C17H16Cl2O4/c1-10-7-13(4-5-14(10)19)23-16(17(20)21)9-11-8-12(18)3-6-15(11)22-2/h3-8,16H,9H2,1-2H3,(H,20,21)/t16-/m0/s1. The van der Waals surface area contributed by atoms with Crippen LogP contribution in [0.3, 0.4) is 0 Å². The van der Waals surface area contributed by atoms with E-state index in [0.29, 0.717) is 27.1 Å². The van der Waals surface area contributed by atoms with Gasteiger partial charge in [0.15, 0.2) is 6.10 Å². The Kier molecular flexibility index (Phi) is 5.74. The second-order valence-corrected chi connectivity index (χ2v) is 5.86. The largest absolute Gasteiger partial charge is 0.496 e. The number of carbonyl (C=O) groups is 1. The molecule has 2 aromatic carbocycles. The highest BCUT2D eigenvalue weighted by atomic mass is 35.5. The molecule has 0 unspecified atom stereocenters. The van der Waals surface area contributed by atoms with Gasteiger partial charge in [0.1, 0.15) is 11.5 Å². The van der Waals surface area contributed by atoms with Gasteiger partial charge in [-0.05, 0) is 54.4 Å². The number of ether oxygens (including phenoxy) is 2. The maximum absolute atomic E-state index is 11.5. The predicted molar refractivity (Wildman–Crippen MR) is 89.9 cm³/mol. The molecule has 122 valence electrons. The summed E-state index contributed by atoms with van der Waals surface area (Å²) in [4.78, 5) is 11.5. The first-order chi connectivity index (χ1) is 10.9. The van der Waals surface area contributed by atoms with Gasteiger partial charge in [0.25, 0.3) is 0 Å². The van der Waals surface area contributed by atoms with Gasteiger partial charge < -0.3 is 14.6 Å². The van der Waals surface area contributed by atoms with Crippen molar-refractivity contribution in [1.82, 2.24) is 0 Å². The smallest absolute Gasteiger partial charge is 0.345 e. The summed E-state index contributed by atoms with van der Waals surface area (Å²) < 4.78 is 10.8. The number of carboxylic acids is 1. The first-order valence-electron chi connectivity index (χ1n) is 6.88. The summed E-state index contributed by atoms with van der Waals surface area (Å²) in [5.74, 6) is -0.0588. The molecule has 1 atom stereocenters. The highest BCUT2D eigenvalue weighted by Gasteiger charge is 2.22. The van der Waals surface area contributed by atoms with E-state index in [-0.39, 0.29) is 6.42 Å². The number of aliphatic carboxylic acids is 1. The van der Waals surface area contributed by atoms with Crippen LogP contribution < -0.4 is 9.47 Å². The van der Waals surface area contributed by atoms with Gasteiger partial charge in [-0.25, -0.2) is 4.79 Å². The Balaban J connectivity index is 2.24. The van der Waals surface area contributed by atoms with E-state index >= 15 is 0 Å². The molecule has 0 radical (unpaired) electrons. The quantitative estimate of drug-likeness (QED) is 0.835. The van der Waals surface area contributed by atoms with Gasteiger partial charge in [0.2, 0.25) is 0 Å². The molecule has 6 heteroatoms. The van der Waals surface area contributed by atoms with Gasteiger partial charge in [-0.2, -0.15) is 0 Å². The van der Waals surface area contributed by atoms with Crippen LogP contribution in [0.15, 0.2) is 36.4 Å². The zero-order valence-corrected chi connectivity index (χ0v) is 14.2. The molecule has 2 aromatic rings. The van der Waals surface area contributed by atoms with Gasteiger partial charge in [0.05, 0.1) is 7.11 Å². The highest BCUT2D eigenvalue weighted by molar-refractivity contribution is 6.31. The first kappa shape index (κ1) is 17.4. The minimum absolute atomic E-state index is 0.126. The molecule has 0 bridgehead atoms. The molecule has 0 aliphatic rings. The second-order valence-electron chi connectivity index (χ2n) is 5.02. The van der Waals surface area contributed by atoms with Crippen LogP contribution in [0.25, 0.3) is 0 Å². The van der Waals surface area contributed by atoms with Gasteiger partial charge in [-0.15, -0.1) is 0 Å². The monoisotopic (exact) mass is 354 g/mol. The SMILES string of the molecule is COc1ccc(Cl)cc1C[C@H](Oc1ccc(Cl)c(C)c1)C(=O)O. The lowest BCUT2D eigenvalue weighted by atomic mass is 10.1. The van der Waals surface area contributed by atoms with Crippen LogP contribution in [0.2, 0.25) is 10.0 Å². The Bertz CT molecular complexity index is 716. The zero-order valence-electron chi connectivity index (χ0n) is 12.7. The van der Waals surface area contributed by atoms with Crippen molar-refractivity contribution >= 4 is 29.2 Å². The van der Waals surface area contributed by atoms with Crippen LogP contribution in [0.1, 0.15) is 11.1 Å². The Morgan fingerprint density at radius 2 is 1.96 bits per heavy atom. The predicted octanol–water partition coefficient (Wildman–Crippen LogP) is 4.39. The van der Waals surface area contributed by atoms with Crippen molar-refractivity contribution in [3.8, 4) is 11.5 Å². The highest BCUT2D eigenvalue weighted by Crippen LogP contribution is 2.26. The Morgan fingerprint density at radius 1 is 1.22 bits per heavy atom. The third kappa shape index (κ3) is 4.53. The molecular weight excluding hydrogens is 339 g/mol. The van der Waals surface area contributed by atoms with Crippen molar-refractivity contribution in [2.45, 2.75) is 19.4 Å². The minimum atomic E-state index is -1.07. The summed E-state index contributed by atoms with van der Waals surface area (Å²) in [6, 6.07) is 10.1. The van der Waals surface area contributed by atoms with E-state index in [9.17, 15) is 9.90 Å². The van der Waals surface area contributed by atoms with Gasteiger partial charge in [0, 0.05) is 16.5 Å². The molecule has 0 saturated heterocycles. The summed E-state index contributed by atoms with van der Waals surface area (Å²) in [6.45, 7) is 1.82. The second kappa shape index (κ2) is 7.57. The first-order valence-corrected chi connectivity index (χ1v) is 7.64. The Morgan fingerprint density at radius 3 is 2.57 bits per heavy atom. The van der Waals surface area contributed by atoms with Crippen LogP contribution in [0, 0.1) is 6.92 Å². The number of aryl methyl sites for hydroxylation is 1. The van der Waals surface area contributed by atoms with E-state index in [1.54, 1.807) is 36.4 Å². The fourth-order valence-corrected chi connectivity index (χ4v) is 2.45. The zero-order chi connectivity index (χ0) is 17.0. The van der Waals surface area contributed by atoms with E-state index in [0.717, 1.165) is 5.56 Å². The molecule has 0 heterocycles. The average molecular weight is 355 g/mol. The third-order valence-electron chi connectivity index (χ3n) is 3.33. The number of methoxy groups -OCH3 is 1. The van der Waals surface area contributed by atoms with E-state index in [1.807, 2.05) is 6.92 Å². The van der Waals surface area contributed by atoms with Crippen LogP contribution in [-0.4, -0.2) is 24.3 Å². The third-order valence-corrected chi connectivity index (χ3v) is 3.99. The molecule has 2 rings (SSSR count). The number of hydrogen-bond donors (Lipinski definition) is 1. The van der Waals surface area contributed by atoms with Crippen molar-refractivity contribution in [3.63, 3.8) is 0 Å². The van der Waals surface area contributed by atoms with E-state index in [1.165, 1.54) is 7.11 Å². The fourth-order valence-electron chi connectivity index (χ4n) is 2.14. The molecule has 0 amide bonds. The summed E-state index contributed by atoms with van der Waals surface area (Å²) >= 11 is 11.9. The fraction of sp³-hybridized carbons (Fsp3) is 0.235. The number of hydrogen-bond acceptors (Lipinski definition) is 3. The molecule has 0 saturated carbocycles. The van der Waals surface area contributed by atoms with Crippen molar-refractivity contribution in [2.75, 3.05) is 7.11 Å². The molecule has 1 N–H and O–H groups in total. The van der Waals surface area contributed by atoms with E-state index < -0.39 is 12.1 Å². The van der Waals surface area contributed by atoms with Gasteiger partial charge in [-0.3, -0.25) is 0 Å². The molecule has 0 aromatic heterocycles. The lowest BCUT2D eigenvalue weighted by molar-refractivity contribution is -0.145. The van der Waals surface area contributed by atoms with Crippen LogP contribution in [0.4, 0.5) is 0 Å². The van der Waals surface area contributed by atoms with E-state index in [4.69, 9.17) is 32.7 Å². The maximum atomic E-state index is 11.5. The number of benzene rings is 2. The lowest BCUT2D eigenvalue weighted by Crippen LogP contribution is -2.29. The maximum Gasteiger partial charge on any atom is 0.345 e. The average Bonchev–Trinajstić information content (AvgIpc) is 2.50. The summed E-state index contributed by atoms with van der Waals surface area (Å²) in [7, 11) is 1.52. The molecular formula is C17H16Cl2O4. The van der Waals surface area contributed by atoms with E-state index in [2.05, 4.69) is 0 Å². The molecule has 0 spiro atoms. The number of rotatable bonds is 6. The van der Waals surface area contributed by atoms with Crippen LogP contribution in [-0.2, 0) is 11.2 Å². The van der Waals surface area contributed by atoms with Crippen molar-refractivity contribution in [3.05, 3.63) is 57.6 Å². The van der Waals surface area contributed by atoms with Crippen molar-refractivity contribution in [1.29, 1.82) is 0 Å². The van der Waals surface area contributed by atoms with Crippen LogP contribution >= 0.6 is 23.2 Å². The molecule has 4 nitrogen and oxygen atoms in total.